The summed E-state index contributed by atoms with van der Waals surface area (Å²) in [6, 6.07) is 7.33. The summed E-state index contributed by atoms with van der Waals surface area (Å²) in [6.07, 6.45) is 0. The largest absolute Gasteiger partial charge is 0.476 e. The van der Waals surface area contributed by atoms with Crippen LogP contribution in [0, 0.1) is 12.7 Å². The van der Waals surface area contributed by atoms with Crippen molar-refractivity contribution in [1.29, 1.82) is 0 Å². The van der Waals surface area contributed by atoms with Gasteiger partial charge in [0, 0.05) is 24.7 Å². The predicted octanol–water partition coefficient (Wildman–Crippen LogP) is 1.57. The predicted molar refractivity (Wildman–Crippen MR) is 94.0 cm³/mol. The van der Waals surface area contributed by atoms with E-state index in [4.69, 9.17) is 9.47 Å². The fraction of sp³-hybridized carbons (Fsp3) is 0.389. The summed E-state index contributed by atoms with van der Waals surface area (Å²) in [6.45, 7) is 5.24. The minimum absolute atomic E-state index is 0.250. The van der Waals surface area contributed by atoms with Crippen molar-refractivity contribution in [2.75, 3.05) is 44.4 Å². The Kier molecular flexibility index (Phi) is 5.96. The number of morpholine rings is 1. The van der Waals surface area contributed by atoms with E-state index >= 15 is 0 Å². The Morgan fingerprint density at radius 2 is 2.12 bits per heavy atom. The summed E-state index contributed by atoms with van der Waals surface area (Å²) in [5.74, 6) is 1.09. The molecule has 0 atom stereocenters. The van der Waals surface area contributed by atoms with Gasteiger partial charge in [0.2, 0.25) is 5.88 Å². The summed E-state index contributed by atoms with van der Waals surface area (Å²) >= 11 is 0. The molecule has 2 aromatic rings. The van der Waals surface area contributed by atoms with Gasteiger partial charge < -0.3 is 19.7 Å². The molecule has 0 radical (unpaired) electrons. The number of aromatic nitrogens is 2. The molecule has 26 heavy (non-hydrogen) atoms. The second-order valence-electron chi connectivity index (χ2n) is 5.83. The first kappa shape index (κ1) is 18.1. The quantitative estimate of drug-likeness (QED) is 0.788. The monoisotopic (exact) mass is 360 g/mol. The lowest BCUT2D eigenvalue weighted by Crippen LogP contribution is -2.37. The lowest BCUT2D eigenvalue weighted by atomic mass is 10.2. The Balaban J connectivity index is 1.51. The normalized spacial score (nSPS) is 14.2. The Morgan fingerprint density at radius 1 is 1.31 bits per heavy atom. The van der Waals surface area contributed by atoms with Crippen LogP contribution >= 0.6 is 0 Å². The summed E-state index contributed by atoms with van der Waals surface area (Å²) in [4.78, 5) is 22.8. The summed E-state index contributed by atoms with van der Waals surface area (Å²) in [7, 11) is 0. The Labute approximate surface area is 151 Å². The Hall–Kier alpha value is -2.74. The van der Waals surface area contributed by atoms with Gasteiger partial charge in [-0.15, -0.1) is 0 Å². The molecule has 1 aromatic heterocycles. The van der Waals surface area contributed by atoms with E-state index < -0.39 is 5.82 Å². The van der Waals surface area contributed by atoms with Crippen molar-refractivity contribution >= 4 is 11.7 Å². The molecule has 0 bridgehead atoms. The maximum atomic E-state index is 13.1. The summed E-state index contributed by atoms with van der Waals surface area (Å²) in [5.41, 5.74) is 0.275. The second kappa shape index (κ2) is 8.57. The molecule has 7 nitrogen and oxygen atoms in total. The highest BCUT2D eigenvalue weighted by Crippen LogP contribution is 2.18. The standard InChI is InChI=1S/C18H21FN4O3/c1-13-21-16(23-6-9-25-10-7-23)12-17(22-13)26-8-5-20-18(24)14-3-2-4-15(19)11-14/h2-4,11-12H,5-10H2,1H3,(H,20,24). The lowest BCUT2D eigenvalue weighted by molar-refractivity contribution is 0.0946. The molecule has 2 heterocycles. The number of hydrogen-bond acceptors (Lipinski definition) is 6. The van der Waals surface area contributed by atoms with Crippen LogP contribution in [0.25, 0.3) is 0 Å². The molecule has 1 saturated heterocycles. The first-order chi connectivity index (χ1) is 12.6. The number of ether oxygens (including phenoxy) is 2. The molecule has 1 aliphatic rings. The third-order valence-electron chi connectivity index (χ3n) is 3.86. The van der Waals surface area contributed by atoms with Gasteiger partial charge >= 0.3 is 0 Å². The molecule has 8 heteroatoms. The molecule has 0 saturated carbocycles. The van der Waals surface area contributed by atoms with Crippen molar-refractivity contribution in [1.82, 2.24) is 15.3 Å². The number of carbonyl (C=O) groups excluding carboxylic acids is 1. The summed E-state index contributed by atoms with van der Waals surface area (Å²) in [5, 5.41) is 2.69. The van der Waals surface area contributed by atoms with Gasteiger partial charge in [0.1, 0.15) is 24.1 Å². The maximum Gasteiger partial charge on any atom is 0.251 e. The maximum absolute atomic E-state index is 13.1. The highest BCUT2D eigenvalue weighted by molar-refractivity contribution is 5.94. The zero-order valence-electron chi connectivity index (χ0n) is 14.6. The number of nitrogens with one attached hydrogen (secondary N) is 1. The number of aryl methyl sites for hydroxylation is 1. The minimum atomic E-state index is -0.444. The molecule has 0 unspecified atom stereocenters. The molecule has 0 aliphatic carbocycles. The van der Waals surface area contributed by atoms with Crippen LogP contribution in [-0.4, -0.2) is 55.3 Å². The van der Waals surface area contributed by atoms with Crippen LogP contribution in [-0.2, 0) is 4.74 Å². The van der Waals surface area contributed by atoms with Crippen molar-refractivity contribution < 1.29 is 18.7 Å². The number of hydrogen-bond donors (Lipinski definition) is 1. The molecule has 3 rings (SSSR count). The average Bonchev–Trinajstić information content (AvgIpc) is 2.65. The first-order valence-electron chi connectivity index (χ1n) is 8.47. The van der Waals surface area contributed by atoms with Gasteiger partial charge in [0.15, 0.2) is 0 Å². The zero-order chi connectivity index (χ0) is 18.4. The van der Waals surface area contributed by atoms with Gasteiger partial charge in [0.05, 0.1) is 19.8 Å². The van der Waals surface area contributed by atoms with Crippen LogP contribution in [0.2, 0.25) is 0 Å². The van der Waals surface area contributed by atoms with Gasteiger partial charge in [-0.25, -0.2) is 9.37 Å². The fourth-order valence-corrected chi connectivity index (χ4v) is 2.61. The van der Waals surface area contributed by atoms with Crippen molar-refractivity contribution in [3.63, 3.8) is 0 Å². The minimum Gasteiger partial charge on any atom is -0.476 e. The number of benzene rings is 1. The van der Waals surface area contributed by atoms with Crippen LogP contribution in [0.4, 0.5) is 10.2 Å². The number of amides is 1. The van der Waals surface area contributed by atoms with Crippen molar-refractivity contribution in [3.8, 4) is 5.88 Å². The van der Waals surface area contributed by atoms with E-state index in [0.29, 0.717) is 24.9 Å². The van der Waals surface area contributed by atoms with E-state index in [1.165, 1.54) is 18.2 Å². The zero-order valence-corrected chi connectivity index (χ0v) is 14.6. The SMILES string of the molecule is Cc1nc(OCCNC(=O)c2cccc(F)c2)cc(N2CCOCC2)n1. The number of anilines is 1. The van der Waals surface area contributed by atoms with E-state index in [9.17, 15) is 9.18 Å². The molecule has 0 spiro atoms. The third kappa shape index (κ3) is 4.89. The number of rotatable bonds is 6. The van der Waals surface area contributed by atoms with Gasteiger partial charge in [-0.3, -0.25) is 4.79 Å². The highest BCUT2D eigenvalue weighted by Gasteiger charge is 2.14. The van der Waals surface area contributed by atoms with Gasteiger partial charge in [-0.2, -0.15) is 4.98 Å². The van der Waals surface area contributed by atoms with E-state index in [-0.39, 0.29) is 24.6 Å². The molecule has 1 amide bonds. The van der Waals surface area contributed by atoms with Crippen LogP contribution in [0.15, 0.2) is 30.3 Å². The molecule has 1 aliphatic heterocycles. The molecule has 138 valence electrons. The van der Waals surface area contributed by atoms with E-state index in [1.807, 2.05) is 6.92 Å². The number of halogens is 1. The number of nitrogens with zero attached hydrogens (tertiary/aromatic N) is 3. The lowest BCUT2D eigenvalue weighted by Gasteiger charge is -2.28. The van der Waals surface area contributed by atoms with E-state index in [2.05, 4.69) is 20.2 Å². The fourth-order valence-electron chi connectivity index (χ4n) is 2.61. The van der Waals surface area contributed by atoms with E-state index in [0.717, 1.165) is 18.9 Å². The van der Waals surface area contributed by atoms with Crippen LogP contribution in [0.5, 0.6) is 5.88 Å². The Morgan fingerprint density at radius 3 is 2.88 bits per heavy atom. The average molecular weight is 360 g/mol. The molecule has 1 fully saturated rings. The van der Waals surface area contributed by atoms with Crippen LogP contribution in [0.3, 0.4) is 0 Å². The third-order valence-corrected chi connectivity index (χ3v) is 3.86. The van der Waals surface area contributed by atoms with Crippen molar-refractivity contribution in [3.05, 3.63) is 47.5 Å². The van der Waals surface area contributed by atoms with Gasteiger partial charge in [-0.1, -0.05) is 6.07 Å². The van der Waals surface area contributed by atoms with E-state index in [1.54, 1.807) is 12.1 Å². The van der Waals surface area contributed by atoms with Gasteiger partial charge in [-0.05, 0) is 25.1 Å². The smallest absolute Gasteiger partial charge is 0.251 e. The van der Waals surface area contributed by atoms with Gasteiger partial charge in [0.25, 0.3) is 5.91 Å². The summed E-state index contributed by atoms with van der Waals surface area (Å²) < 4.78 is 24.1. The van der Waals surface area contributed by atoms with Crippen LogP contribution in [0.1, 0.15) is 16.2 Å². The van der Waals surface area contributed by atoms with Crippen molar-refractivity contribution in [2.24, 2.45) is 0 Å². The van der Waals surface area contributed by atoms with Crippen molar-refractivity contribution in [2.45, 2.75) is 6.92 Å². The Bertz CT molecular complexity index is 766. The molecule has 1 aromatic carbocycles. The van der Waals surface area contributed by atoms with Crippen LogP contribution < -0.4 is 15.0 Å². The molecule has 1 N–H and O–H groups in total. The molecular formula is C18H21FN4O3. The molecular weight excluding hydrogens is 339 g/mol. The number of carbonyl (C=O) groups is 1. The second-order valence-corrected chi connectivity index (χ2v) is 5.83. The first-order valence-corrected chi connectivity index (χ1v) is 8.47. The highest BCUT2D eigenvalue weighted by atomic mass is 19.1. The topological polar surface area (TPSA) is 76.6 Å².